The molecule has 0 saturated heterocycles. The zero-order chi connectivity index (χ0) is 52.1. The van der Waals surface area contributed by atoms with E-state index >= 15 is 0 Å². The van der Waals surface area contributed by atoms with Crippen LogP contribution in [-0.4, -0.2) is 6.88 Å². The molecule has 0 aromatic heterocycles. The third-order valence-electron chi connectivity index (χ3n) is 14.5. The molecule has 2 radical (unpaired) electrons. The van der Waals surface area contributed by atoms with E-state index in [4.69, 9.17) is 0 Å². The second-order valence-corrected chi connectivity index (χ2v) is 26.1. The molecule has 72 heavy (non-hydrogen) atoms. The number of aryl methyl sites for hydroxylation is 2. The van der Waals surface area contributed by atoms with E-state index in [9.17, 15) is 0 Å². The fourth-order valence-corrected chi connectivity index (χ4v) is 10.3. The molecule has 0 nitrogen and oxygen atoms in total. The molecule has 8 rings (SSSR count). The van der Waals surface area contributed by atoms with E-state index < -0.39 is 0 Å². The molecule has 8 aromatic rings. The first kappa shape index (κ1) is 60.2. The van der Waals surface area contributed by atoms with Crippen LogP contribution in [0.3, 0.4) is 0 Å². The fourth-order valence-electron chi connectivity index (χ4n) is 10.3. The van der Waals surface area contributed by atoms with Gasteiger partial charge in [0, 0.05) is 0 Å². The molecule has 0 heterocycles. The number of hydrogen-bond acceptors (Lipinski definition) is 0. The maximum absolute atomic E-state index is 3.06. The van der Waals surface area contributed by atoms with Crippen molar-refractivity contribution in [1.82, 2.24) is 0 Å². The summed E-state index contributed by atoms with van der Waals surface area (Å²) in [5, 5.41) is 5.52. The van der Waals surface area contributed by atoms with Crippen LogP contribution >= 0.6 is 0 Å². The predicted molar refractivity (Wildman–Crippen MR) is 321 cm³/mol. The van der Waals surface area contributed by atoms with Crippen molar-refractivity contribution in [2.45, 2.75) is 171 Å². The molecule has 0 unspecified atom stereocenters. The van der Waals surface area contributed by atoms with Crippen molar-refractivity contribution in [1.29, 1.82) is 0 Å². The van der Waals surface area contributed by atoms with Crippen molar-refractivity contribution in [2.75, 3.05) is 0 Å². The SMILES string of the molecule is Cc1c(C(C)(C)C)[cH-]c2c(-c3ccc(C(C)(C)C)cc3)ccc(-c3ccc(C(C)(C)C)cc3)c12.Cc1c(C(C)(C)C)[cH-]c2c(-c3ccc(C(C)(C)C)cc3)ccc(-c3ccc(C(C)(C)C)cc3)c12.[CH3-].[CH3-].[Si]=[Zr]. The number of hydrogen-bond donors (Lipinski definition) is 0. The Morgan fingerprint density at radius 1 is 0.292 bits per heavy atom. The summed E-state index contributed by atoms with van der Waals surface area (Å²) in [5.41, 5.74) is 22.5. The third-order valence-corrected chi connectivity index (χ3v) is 14.5. The summed E-state index contributed by atoms with van der Waals surface area (Å²) >= 11 is 1.36. The standard InChI is InChI=1S/2C34H41.2CH3.Si.Zr/c2*1-22-30(34(8,9)10)21-29-27(23-11-15-25(16-12-23)32(2,3)4)19-20-28(31(22)29)24-13-17-26(18-14-24)33(5,6)7;;;;/h2*11-21H,1-10H3;2*1H3;;/q4*-1;;. The van der Waals surface area contributed by atoms with Gasteiger partial charge in [-0.15, -0.1) is 44.8 Å². The Hall–Kier alpha value is -4.36. The molecule has 0 aliphatic carbocycles. The van der Waals surface area contributed by atoms with E-state index in [1.807, 2.05) is 0 Å². The van der Waals surface area contributed by atoms with Crippen LogP contribution in [0.2, 0.25) is 0 Å². The number of benzene rings is 6. The Kier molecular flexibility index (Phi) is 18.6. The first-order chi connectivity index (χ1) is 32.4. The van der Waals surface area contributed by atoms with E-state index in [1.165, 1.54) is 134 Å². The fraction of sp³-hybridized carbons (Fsp3) is 0.371. The predicted octanol–water partition coefficient (Wildman–Crippen LogP) is 20.7. The second-order valence-electron chi connectivity index (χ2n) is 26.1. The van der Waals surface area contributed by atoms with Crippen molar-refractivity contribution in [2.24, 2.45) is 0 Å². The van der Waals surface area contributed by atoms with Gasteiger partial charge in [0.05, 0.1) is 0 Å². The van der Waals surface area contributed by atoms with Crippen LogP contribution in [0.15, 0.2) is 133 Å². The Bertz CT molecular complexity index is 2850. The first-order valence-electron chi connectivity index (χ1n) is 25.5. The molecule has 0 aliphatic heterocycles. The van der Waals surface area contributed by atoms with Crippen LogP contribution in [0.1, 0.15) is 169 Å². The minimum atomic E-state index is 0. The molecule has 2 heteroatoms. The Morgan fingerprint density at radius 2 is 0.486 bits per heavy atom. The van der Waals surface area contributed by atoms with Gasteiger partial charge in [-0.25, -0.2) is 0 Å². The summed E-state index contributed by atoms with van der Waals surface area (Å²) in [6.07, 6.45) is 0. The average molecular weight is 1050 g/mol. The molecule has 0 amide bonds. The first-order valence-corrected chi connectivity index (χ1v) is 29.7. The van der Waals surface area contributed by atoms with Crippen LogP contribution in [-0.2, 0) is 55.8 Å². The average Bonchev–Trinajstić information content (AvgIpc) is 3.83. The van der Waals surface area contributed by atoms with E-state index in [0.717, 1.165) is 0 Å². The zero-order valence-corrected chi connectivity index (χ0v) is 52.2. The van der Waals surface area contributed by atoms with E-state index in [0.29, 0.717) is 0 Å². The van der Waals surface area contributed by atoms with E-state index in [2.05, 4.69) is 279 Å². The quantitative estimate of drug-likeness (QED) is 0.122. The van der Waals surface area contributed by atoms with Crippen LogP contribution < -0.4 is 0 Å². The molecule has 0 fully saturated rings. The molecular weight excluding hydrogens is 960 g/mol. The van der Waals surface area contributed by atoms with Crippen molar-refractivity contribution < 1.29 is 23.3 Å². The molecule has 0 N–H and O–H groups in total. The van der Waals surface area contributed by atoms with Gasteiger partial charge in [-0.1, -0.05) is 293 Å². The molecule has 0 spiro atoms. The molecule has 380 valence electrons. The normalized spacial score (nSPS) is 12.3. The van der Waals surface area contributed by atoms with Gasteiger partial charge in [0.25, 0.3) is 0 Å². The monoisotopic (exact) mass is 1050 g/mol. The van der Waals surface area contributed by atoms with Gasteiger partial charge >= 0.3 is 30.2 Å². The van der Waals surface area contributed by atoms with Gasteiger partial charge in [0.2, 0.25) is 0 Å². The molecule has 0 saturated carbocycles. The van der Waals surface area contributed by atoms with Crippen molar-refractivity contribution in [3.05, 3.63) is 193 Å². The topological polar surface area (TPSA) is 0 Å². The van der Waals surface area contributed by atoms with Gasteiger partial charge in [-0.05, 0) is 65.9 Å². The Labute approximate surface area is 456 Å². The summed E-state index contributed by atoms with van der Waals surface area (Å²) in [7, 11) is 0. The van der Waals surface area contributed by atoms with E-state index in [-0.39, 0.29) is 47.3 Å². The van der Waals surface area contributed by atoms with Crippen molar-refractivity contribution >= 4 is 28.4 Å². The maximum atomic E-state index is 3.06. The minimum absolute atomic E-state index is 0. The van der Waals surface area contributed by atoms with E-state index in [1.54, 1.807) is 0 Å². The van der Waals surface area contributed by atoms with Gasteiger partial charge in [-0.2, -0.15) is 11.1 Å². The van der Waals surface area contributed by atoms with Crippen LogP contribution in [0, 0.1) is 28.7 Å². The summed E-state index contributed by atoms with van der Waals surface area (Å²) in [4.78, 5) is 0. The summed E-state index contributed by atoms with van der Waals surface area (Å²) in [6.45, 7) is 48.9. The van der Waals surface area contributed by atoms with Crippen molar-refractivity contribution in [3.63, 3.8) is 0 Å². The molecule has 0 aliphatic rings. The number of fused-ring (bicyclic) bond motifs is 2. The zero-order valence-electron chi connectivity index (χ0n) is 48.7. The van der Waals surface area contributed by atoms with Gasteiger partial charge in [0.15, 0.2) is 0 Å². The van der Waals surface area contributed by atoms with Crippen LogP contribution in [0.25, 0.3) is 66.1 Å². The van der Waals surface area contributed by atoms with Crippen LogP contribution in [0.4, 0.5) is 0 Å². The van der Waals surface area contributed by atoms with Gasteiger partial charge < -0.3 is 14.9 Å². The summed E-state index contributed by atoms with van der Waals surface area (Å²) in [6, 6.07) is 51.0. The van der Waals surface area contributed by atoms with Gasteiger partial charge in [-0.3, -0.25) is 0 Å². The third kappa shape index (κ3) is 12.9. The van der Waals surface area contributed by atoms with Gasteiger partial charge in [0.1, 0.15) is 0 Å². The Morgan fingerprint density at radius 3 is 0.681 bits per heavy atom. The summed E-state index contributed by atoms with van der Waals surface area (Å²) in [5.74, 6) is 0. The van der Waals surface area contributed by atoms with Crippen molar-refractivity contribution in [3.8, 4) is 44.5 Å². The molecule has 8 aromatic carbocycles. The molecular formula is C70H88SiZr-4. The Balaban J connectivity index is 0.000000294. The number of rotatable bonds is 4. The molecule has 0 bridgehead atoms. The summed E-state index contributed by atoms with van der Waals surface area (Å²) < 4.78 is 0. The molecule has 0 atom stereocenters. The van der Waals surface area contributed by atoms with Crippen LogP contribution in [0.5, 0.6) is 0 Å². The second kappa shape index (κ2) is 22.2.